The summed E-state index contributed by atoms with van der Waals surface area (Å²) in [7, 11) is 0. The van der Waals surface area contributed by atoms with Crippen molar-refractivity contribution in [3.8, 4) is 0 Å². The Morgan fingerprint density at radius 3 is 2.73 bits per heavy atom. The van der Waals surface area contributed by atoms with Gasteiger partial charge in [-0.3, -0.25) is 0 Å². The Labute approximate surface area is 69.0 Å². The summed E-state index contributed by atoms with van der Waals surface area (Å²) in [4.78, 5) is 0. The van der Waals surface area contributed by atoms with Crippen LogP contribution in [0.1, 0.15) is 33.1 Å². The fraction of sp³-hybridized carbons (Fsp3) is 1.00. The maximum absolute atomic E-state index is 9.04. The average Bonchev–Trinajstić information content (AvgIpc) is 2.31. The molecule has 0 saturated heterocycles. The molecule has 0 unspecified atom stereocenters. The van der Waals surface area contributed by atoms with E-state index in [4.69, 9.17) is 5.11 Å². The summed E-state index contributed by atoms with van der Waals surface area (Å²) in [6, 6.07) is 0.657. The van der Waals surface area contributed by atoms with Crippen LogP contribution in [0.5, 0.6) is 0 Å². The Kier molecular flexibility index (Phi) is 3.34. The zero-order valence-electron chi connectivity index (χ0n) is 7.51. The lowest BCUT2D eigenvalue weighted by Crippen LogP contribution is -2.35. The molecule has 0 heterocycles. The fourth-order valence-corrected chi connectivity index (χ4v) is 1.77. The van der Waals surface area contributed by atoms with Gasteiger partial charge in [0.05, 0.1) is 6.10 Å². The van der Waals surface area contributed by atoms with E-state index >= 15 is 0 Å². The topological polar surface area (TPSA) is 32.3 Å². The smallest absolute Gasteiger partial charge is 0.0636 e. The Morgan fingerprint density at radius 1 is 1.55 bits per heavy atom. The van der Waals surface area contributed by atoms with E-state index in [0.717, 1.165) is 12.5 Å². The van der Waals surface area contributed by atoms with E-state index in [1.165, 1.54) is 19.3 Å². The third kappa shape index (κ3) is 2.80. The third-order valence-corrected chi connectivity index (χ3v) is 2.54. The average molecular weight is 157 g/mol. The largest absolute Gasteiger partial charge is 0.392 e. The van der Waals surface area contributed by atoms with Crippen LogP contribution in [-0.2, 0) is 0 Å². The van der Waals surface area contributed by atoms with Crippen molar-refractivity contribution in [1.82, 2.24) is 5.32 Å². The van der Waals surface area contributed by atoms with Crippen molar-refractivity contribution in [2.24, 2.45) is 5.92 Å². The number of rotatable bonds is 3. The zero-order chi connectivity index (χ0) is 8.27. The van der Waals surface area contributed by atoms with Crippen molar-refractivity contribution >= 4 is 0 Å². The minimum Gasteiger partial charge on any atom is -0.392 e. The van der Waals surface area contributed by atoms with Crippen LogP contribution < -0.4 is 5.32 Å². The molecule has 0 amide bonds. The number of hydrogen-bond acceptors (Lipinski definition) is 2. The Hall–Kier alpha value is -0.0800. The van der Waals surface area contributed by atoms with Crippen molar-refractivity contribution in [3.63, 3.8) is 0 Å². The van der Waals surface area contributed by atoms with E-state index in [1.807, 2.05) is 6.92 Å². The molecule has 66 valence electrons. The minimum atomic E-state index is -0.206. The van der Waals surface area contributed by atoms with Gasteiger partial charge in [0.1, 0.15) is 0 Å². The molecule has 2 heteroatoms. The quantitative estimate of drug-likeness (QED) is 0.644. The zero-order valence-corrected chi connectivity index (χ0v) is 7.51. The molecule has 0 bridgehead atoms. The van der Waals surface area contributed by atoms with Gasteiger partial charge >= 0.3 is 0 Å². The molecule has 1 rings (SSSR count). The standard InChI is InChI=1S/C9H19NO/c1-7-4-3-5-9(7)10-6-8(2)11/h7-11H,3-6H2,1-2H3/t7-,8-,9+/m1/s1. The summed E-state index contributed by atoms with van der Waals surface area (Å²) in [5.74, 6) is 0.800. The van der Waals surface area contributed by atoms with Crippen LogP contribution in [0.4, 0.5) is 0 Å². The van der Waals surface area contributed by atoms with Crippen LogP contribution in [-0.4, -0.2) is 23.8 Å². The summed E-state index contributed by atoms with van der Waals surface area (Å²) in [6.45, 7) is 4.86. The Bertz CT molecular complexity index is 114. The molecule has 2 nitrogen and oxygen atoms in total. The van der Waals surface area contributed by atoms with Crippen LogP contribution in [0.15, 0.2) is 0 Å². The van der Waals surface area contributed by atoms with E-state index in [0.29, 0.717) is 6.04 Å². The summed E-state index contributed by atoms with van der Waals surface area (Å²) >= 11 is 0. The van der Waals surface area contributed by atoms with Gasteiger partial charge in [0.2, 0.25) is 0 Å². The molecular formula is C9H19NO. The lowest BCUT2D eigenvalue weighted by atomic mass is 10.1. The lowest BCUT2D eigenvalue weighted by molar-refractivity contribution is 0.183. The summed E-state index contributed by atoms with van der Waals surface area (Å²) < 4.78 is 0. The molecule has 1 aliphatic rings. The van der Waals surface area contributed by atoms with Gasteiger partial charge < -0.3 is 10.4 Å². The summed E-state index contributed by atoms with van der Waals surface area (Å²) in [6.07, 6.45) is 3.77. The number of aliphatic hydroxyl groups is 1. The summed E-state index contributed by atoms with van der Waals surface area (Å²) in [5.41, 5.74) is 0. The summed E-state index contributed by atoms with van der Waals surface area (Å²) in [5, 5.41) is 12.4. The molecule has 0 radical (unpaired) electrons. The molecule has 0 aliphatic heterocycles. The molecule has 0 aromatic heterocycles. The second-order valence-electron chi connectivity index (χ2n) is 3.77. The Morgan fingerprint density at radius 2 is 2.27 bits per heavy atom. The van der Waals surface area contributed by atoms with E-state index in [-0.39, 0.29) is 6.10 Å². The first kappa shape index (κ1) is 9.01. The highest BCUT2D eigenvalue weighted by Gasteiger charge is 2.22. The normalized spacial score (nSPS) is 34.1. The SMILES string of the molecule is C[C@@H]1CCC[C@@H]1NC[C@@H](C)O. The van der Waals surface area contributed by atoms with Gasteiger partial charge in [-0.1, -0.05) is 13.3 Å². The van der Waals surface area contributed by atoms with E-state index in [9.17, 15) is 0 Å². The first-order chi connectivity index (χ1) is 5.20. The van der Waals surface area contributed by atoms with Crippen molar-refractivity contribution in [2.45, 2.75) is 45.3 Å². The van der Waals surface area contributed by atoms with E-state index in [2.05, 4.69) is 12.2 Å². The van der Waals surface area contributed by atoms with Crippen molar-refractivity contribution in [3.05, 3.63) is 0 Å². The highest BCUT2D eigenvalue weighted by molar-refractivity contribution is 4.80. The molecule has 0 aromatic rings. The van der Waals surface area contributed by atoms with E-state index in [1.54, 1.807) is 0 Å². The molecule has 0 aromatic carbocycles. The molecule has 1 saturated carbocycles. The number of nitrogens with one attached hydrogen (secondary N) is 1. The second-order valence-corrected chi connectivity index (χ2v) is 3.77. The van der Waals surface area contributed by atoms with Crippen molar-refractivity contribution in [2.75, 3.05) is 6.54 Å². The predicted molar refractivity (Wildman–Crippen MR) is 46.5 cm³/mol. The van der Waals surface area contributed by atoms with Gasteiger partial charge in [-0.05, 0) is 25.7 Å². The van der Waals surface area contributed by atoms with Gasteiger partial charge in [-0.2, -0.15) is 0 Å². The van der Waals surface area contributed by atoms with Crippen LogP contribution in [0.2, 0.25) is 0 Å². The highest BCUT2D eigenvalue weighted by Crippen LogP contribution is 2.24. The number of aliphatic hydroxyl groups excluding tert-OH is 1. The van der Waals surface area contributed by atoms with Crippen LogP contribution >= 0.6 is 0 Å². The highest BCUT2D eigenvalue weighted by atomic mass is 16.3. The molecule has 1 fully saturated rings. The van der Waals surface area contributed by atoms with E-state index < -0.39 is 0 Å². The molecule has 2 N–H and O–H groups in total. The van der Waals surface area contributed by atoms with Crippen molar-refractivity contribution < 1.29 is 5.11 Å². The molecule has 1 aliphatic carbocycles. The second kappa shape index (κ2) is 4.07. The molecular weight excluding hydrogens is 138 g/mol. The molecule has 0 spiro atoms. The first-order valence-corrected chi connectivity index (χ1v) is 4.61. The first-order valence-electron chi connectivity index (χ1n) is 4.61. The maximum Gasteiger partial charge on any atom is 0.0636 e. The maximum atomic E-state index is 9.04. The van der Waals surface area contributed by atoms with Crippen LogP contribution in [0.3, 0.4) is 0 Å². The fourth-order valence-electron chi connectivity index (χ4n) is 1.77. The van der Waals surface area contributed by atoms with Crippen molar-refractivity contribution in [1.29, 1.82) is 0 Å². The van der Waals surface area contributed by atoms with Gasteiger partial charge in [-0.25, -0.2) is 0 Å². The Balaban J connectivity index is 2.15. The minimum absolute atomic E-state index is 0.206. The molecule has 3 atom stereocenters. The monoisotopic (exact) mass is 157 g/mol. The third-order valence-electron chi connectivity index (χ3n) is 2.54. The lowest BCUT2D eigenvalue weighted by Gasteiger charge is -2.17. The van der Waals surface area contributed by atoms with Crippen LogP contribution in [0, 0.1) is 5.92 Å². The predicted octanol–water partition coefficient (Wildman–Crippen LogP) is 1.15. The van der Waals surface area contributed by atoms with Gasteiger partial charge in [0.25, 0.3) is 0 Å². The molecule has 11 heavy (non-hydrogen) atoms. The van der Waals surface area contributed by atoms with Gasteiger partial charge in [0, 0.05) is 12.6 Å². The number of hydrogen-bond donors (Lipinski definition) is 2. The van der Waals surface area contributed by atoms with Gasteiger partial charge in [-0.15, -0.1) is 0 Å². The van der Waals surface area contributed by atoms with Crippen LogP contribution in [0.25, 0.3) is 0 Å². The van der Waals surface area contributed by atoms with Gasteiger partial charge in [0.15, 0.2) is 0 Å².